The summed E-state index contributed by atoms with van der Waals surface area (Å²) < 4.78 is 20.5. The molecular formula is C19H26N2O7. The fraction of sp³-hybridized carbons (Fsp3) is 0.526. The molecule has 0 aliphatic carbocycles. The molecule has 2 rings (SSSR count). The van der Waals surface area contributed by atoms with Gasteiger partial charge in [0.1, 0.15) is 23.1 Å². The van der Waals surface area contributed by atoms with Crippen LogP contribution in [0.5, 0.6) is 11.5 Å². The highest BCUT2D eigenvalue weighted by Crippen LogP contribution is 2.30. The minimum absolute atomic E-state index is 0.109. The summed E-state index contributed by atoms with van der Waals surface area (Å²) in [6.07, 6.45) is -0.776. The Labute approximate surface area is 163 Å². The maximum atomic E-state index is 12.6. The lowest BCUT2D eigenvalue weighted by atomic mass is 9.94. The van der Waals surface area contributed by atoms with E-state index in [0.717, 1.165) is 0 Å². The molecule has 1 fully saturated rings. The number of amides is 2. The van der Waals surface area contributed by atoms with Gasteiger partial charge < -0.3 is 29.2 Å². The van der Waals surface area contributed by atoms with Crippen molar-refractivity contribution in [3.05, 3.63) is 23.8 Å². The largest absolute Gasteiger partial charge is 0.497 e. The van der Waals surface area contributed by atoms with E-state index >= 15 is 0 Å². The van der Waals surface area contributed by atoms with Crippen molar-refractivity contribution >= 4 is 18.0 Å². The smallest absolute Gasteiger partial charge is 0.408 e. The van der Waals surface area contributed by atoms with Crippen LogP contribution in [0.1, 0.15) is 26.3 Å². The van der Waals surface area contributed by atoms with Crippen LogP contribution < -0.4 is 14.8 Å². The average Bonchev–Trinajstić information content (AvgIpc) is 2.64. The number of benzene rings is 1. The summed E-state index contributed by atoms with van der Waals surface area (Å²) in [7, 11) is 4.26. The first-order valence-corrected chi connectivity index (χ1v) is 8.70. The first-order valence-electron chi connectivity index (χ1n) is 8.70. The molecule has 0 spiro atoms. The third-order valence-electron chi connectivity index (χ3n) is 4.15. The van der Waals surface area contributed by atoms with Crippen molar-refractivity contribution in [2.24, 2.45) is 0 Å². The van der Waals surface area contributed by atoms with E-state index in [1.807, 2.05) is 0 Å². The van der Waals surface area contributed by atoms with E-state index in [0.29, 0.717) is 17.1 Å². The van der Waals surface area contributed by atoms with Gasteiger partial charge in [0.25, 0.3) is 0 Å². The number of hydrogen-bond donors (Lipinski definition) is 1. The maximum absolute atomic E-state index is 12.6. The predicted molar refractivity (Wildman–Crippen MR) is 99.1 cm³/mol. The summed E-state index contributed by atoms with van der Waals surface area (Å²) in [6, 6.07) is 3.14. The Kier molecular flexibility index (Phi) is 6.37. The van der Waals surface area contributed by atoms with Crippen LogP contribution in [0, 0.1) is 0 Å². The molecule has 2 atom stereocenters. The molecule has 1 heterocycles. The first-order chi connectivity index (χ1) is 13.1. The molecule has 0 aromatic heterocycles. The molecule has 0 radical (unpaired) electrons. The summed E-state index contributed by atoms with van der Waals surface area (Å²) in [6.45, 7) is 5.22. The summed E-state index contributed by atoms with van der Waals surface area (Å²) >= 11 is 0. The van der Waals surface area contributed by atoms with Crippen molar-refractivity contribution in [3.8, 4) is 11.5 Å². The zero-order valence-electron chi connectivity index (χ0n) is 16.9. The van der Waals surface area contributed by atoms with Gasteiger partial charge >= 0.3 is 12.1 Å². The third-order valence-corrected chi connectivity index (χ3v) is 4.15. The van der Waals surface area contributed by atoms with Gasteiger partial charge in [0.2, 0.25) is 5.91 Å². The molecule has 2 amide bonds. The zero-order chi connectivity index (χ0) is 21.1. The lowest BCUT2D eigenvalue weighted by Crippen LogP contribution is -2.73. The fourth-order valence-corrected chi connectivity index (χ4v) is 2.85. The number of alkyl carbamates (subject to hydrolysis) is 1. The molecule has 154 valence electrons. The van der Waals surface area contributed by atoms with E-state index in [2.05, 4.69) is 5.32 Å². The zero-order valence-corrected chi connectivity index (χ0v) is 16.9. The quantitative estimate of drug-likeness (QED) is 0.576. The monoisotopic (exact) mass is 394 g/mol. The van der Waals surface area contributed by atoms with Gasteiger partial charge in [-0.25, -0.2) is 9.59 Å². The predicted octanol–water partition coefficient (Wildman–Crippen LogP) is 1.48. The van der Waals surface area contributed by atoms with Crippen LogP contribution in [0.25, 0.3) is 0 Å². The Hall–Kier alpha value is -2.97. The van der Waals surface area contributed by atoms with Crippen LogP contribution >= 0.6 is 0 Å². The molecule has 1 aliphatic rings. The minimum Gasteiger partial charge on any atom is -0.497 e. The molecule has 0 unspecified atom stereocenters. The first kappa shape index (κ1) is 21.3. The van der Waals surface area contributed by atoms with E-state index < -0.39 is 35.7 Å². The number of carbonyl (C=O) groups is 3. The van der Waals surface area contributed by atoms with Gasteiger partial charge in [-0.15, -0.1) is 0 Å². The summed E-state index contributed by atoms with van der Waals surface area (Å²) in [5.74, 6) is 0.0658. The van der Waals surface area contributed by atoms with Crippen molar-refractivity contribution in [2.45, 2.75) is 45.0 Å². The van der Waals surface area contributed by atoms with Crippen molar-refractivity contribution in [1.82, 2.24) is 10.2 Å². The second kappa shape index (κ2) is 8.37. The van der Waals surface area contributed by atoms with E-state index in [-0.39, 0.29) is 6.54 Å². The number of hydrogen-bond acceptors (Lipinski definition) is 7. The number of rotatable bonds is 6. The maximum Gasteiger partial charge on any atom is 0.408 e. The number of carbonyl (C=O) groups excluding carboxylic acids is 3. The van der Waals surface area contributed by atoms with Gasteiger partial charge in [0, 0.05) is 11.6 Å². The Bertz CT molecular complexity index is 757. The van der Waals surface area contributed by atoms with Gasteiger partial charge in [-0.3, -0.25) is 4.79 Å². The Balaban J connectivity index is 2.18. The van der Waals surface area contributed by atoms with Gasteiger partial charge in [-0.1, -0.05) is 0 Å². The number of ether oxygens (including phenoxy) is 4. The number of nitrogens with zero attached hydrogens (tertiary/aromatic N) is 1. The molecule has 28 heavy (non-hydrogen) atoms. The van der Waals surface area contributed by atoms with Gasteiger partial charge in [-0.05, 0) is 32.9 Å². The molecule has 9 heteroatoms. The third kappa shape index (κ3) is 4.65. The van der Waals surface area contributed by atoms with Crippen molar-refractivity contribution < 1.29 is 33.3 Å². The highest BCUT2D eigenvalue weighted by Gasteiger charge is 2.53. The van der Waals surface area contributed by atoms with E-state index in [4.69, 9.17) is 18.9 Å². The number of likely N-dealkylation sites (tertiary alicyclic amines) is 1. The molecule has 0 bridgehead atoms. The molecule has 1 aromatic carbocycles. The van der Waals surface area contributed by atoms with Crippen LogP contribution in [0.15, 0.2) is 18.2 Å². The van der Waals surface area contributed by atoms with Crippen molar-refractivity contribution in [3.63, 3.8) is 0 Å². The molecular weight excluding hydrogens is 368 g/mol. The van der Waals surface area contributed by atoms with Crippen LogP contribution in [-0.2, 0) is 25.6 Å². The van der Waals surface area contributed by atoms with Crippen molar-refractivity contribution in [1.29, 1.82) is 0 Å². The number of β-lactam (4-membered cyclic amide) rings is 1. The Morgan fingerprint density at radius 1 is 1.14 bits per heavy atom. The topological polar surface area (TPSA) is 103 Å². The van der Waals surface area contributed by atoms with Crippen LogP contribution in [0.2, 0.25) is 0 Å². The summed E-state index contributed by atoms with van der Waals surface area (Å²) in [5.41, 5.74) is -0.0467. The van der Waals surface area contributed by atoms with E-state index in [1.54, 1.807) is 39.0 Å². The van der Waals surface area contributed by atoms with Crippen LogP contribution in [-0.4, -0.2) is 61.9 Å². The van der Waals surface area contributed by atoms with Gasteiger partial charge in [0.15, 0.2) is 6.04 Å². The summed E-state index contributed by atoms with van der Waals surface area (Å²) in [4.78, 5) is 38.1. The van der Waals surface area contributed by atoms with E-state index in [9.17, 15) is 14.4 Å². The molecule has 1 saturated heterocycles. The molecule has 0 saturated carbocycles. The highest BCUT2D eigenvalue weighted by atomic mass is 16.6. The van der Waals surface area contributed by atoms with Crippen LogP contribution in [0.3, 0.4) is 0 Å². The second-order valence-electron chi connectivity index (χ2n) is 7.24. The lowest BCUT2D eigenvalue weighted by Gasteiger charge is -2.45. The molecule has 1 aliphatic heterocycles. The highest BCUT2D eigenvalue weighted by molar-refractivity contribution is 6.01. The van der Waals surface area contributed by atoms with Crippen molar-refractivity contribution in [2.75, 3.05) is 21.3 Å². The molecule has 9 nitrogen and oxygen atoms in total. The summed E-state index contributed by atoms with van der Waals surface area (Å²) in [5, 5.41) is 2.45. The number of esters is 1. The van der Waals surface area contributed by atoms with Gasteiger partial charge in [0.05, 0.1) is 27.9 Å². The van der Waals surface area contributed by atoms with Gasteiger partial charge in [-0.2, -0.15) is 0 Å². The minimum atomic E-state index is -1.05. The molecule has 1 aromatic rings. The normalized spacial score (nSPS) is 18.8. The Morgan fingerprint density at radius 2 is 1.82 bits per heavy atom. The lowest BCUT2D eigenvalue weighted by molar-refractivity contribution is -0.169. The standard InChI is InChI=1S/C19H26N2O7/c1-19(2,3)28-18(24)20-14-15(17(23)27-6)21(16(14)22)10-11-7-8-12(25-4)9-13(11)26-5/h7-9,14-15H,10H2,1-6H3,(H,20,24)/t14-,15-/m1/s1. The number of nitrogens with one attached hydrogen (secondary N) is 1. The fourth-order valence-electron chi connectivity index (χ4n) is 2.85. The SMILES string of the molecule is COC(=O)[C@H]1[C@@H](NC(=O)OC(C)(C)C)C(=O)N1Cc1ccc(OC)cc1OC. The Morgan fingerprint density at radius 3 is 2.36 bits per heavy atom. The number of methoxy groups -OCH3 is 3. The second-order valence-corrected chi connectivity index (χ2v) is 7.24. The molecule has 1 N–H and O–H groups in total. The average molecular weight is 394 g/mol. The van der Waals surface area contributed by atoms with Crippen LogP contribution in [0.4, 0.5) is 4.79 Å². The van der Waals surface area contributed by atoms with E-state index in [1.165, 1.54) is 26.2 Å².